The van der Waals surface area contributed by atoms with Crippen LogP contribution in [-0.2, 0) is 0 Å². The summed E-state index contributed by atoms with van der Waals surface area (Å²) in [5, 5.41) is 4.83. The van der Waals surface area contributed by atoms with Crippen LogP contribution in [-0.4, -0.2) is 4.98 Å². The molecule has 26 heavy (non-hydrogen) atoms. The van der Waals surface area contributed by atoms with Crippen LogP contribution in [0.25, 0.3) is 17.0 Å². The molecule has 0 amide bonds. The van der Waals surface area contributed by atoms with Crippen molar-refractivity contribution in [2.75, 3.05) is 5.32 Å². The minimum absolute atomic E-state index is 0.475. The van der Waals surface area contributed by atoms with Gasteiger partial charge < -0.3 is 5.32 Å². The Bertz CT molecular complexity index is 910. The number of nitrogens with one attached hydrogen (secondary N) is 1. The van der Waals surface area contributed by atoms with Crippen LogP contribution in [0.4, 0.5) is 5.69 Å². The molecule has 2 heteroatoms. The minimum atomic E-state index is 0.475. The van der Waals surface area contributed by atoms with Gasteiger partial charge in [-0.05, 0) is 48.1 Å². The summed E-state index contributed by atoms with van der Waals surface area (Å²) in [4.78, 5) is 4.76. The Morgan fingerprint density at radius 3 is 2.15 bits per heavy atom. The summed E-state index contributed by atoms with van der Waals surface area (Å²) in [5.74, 6) is 0.950. The first-order valence-electron chi connectivity index (χ1n) is 9.39. The first-order valence-corrected chi connectivity index (χ1v) is 9.39. The predicted octanol–water partition coefficient (Wildman–Crippen LogP) is 6.95. The summed E-state index contributed by atoms with van der Waals surface area (Å²) >= 11 is 0. The normalized spacial score (nSPS) is 12.2. The van der Waals surface area contributed by atoms with Crippen LogP contribution < -0.4 is 5.32 Å². The summed E-state index contributed by atoms with van der Waals surface area (Å²) in [6, 6.07) is 19.0. The van der Waals surface area contributed by atoms with Gasteiger partial charge >= 0.3 is 0 Å². The van der Waals surface area contributed by atoms with Gasteiger partial charge in [-0.1, -0.05) is 70.2 Å². The highest BCUT2D eigenvalue weighted by molar-refractivity contribution is 5.79. The lowest BCUT2D eigenvalue weighted by atomic mass is 9.92. The first-order chi connectivity index (χ1) is 12.5. The topological polar surface area (TPSA) is 24.9 Å². The molecule has 0 aliphatic carbocycles. The molecule has 0 fully saturated rings. The van der Waals surface area contributed by atoms with Crippen molar-refractivity contribution < 1.29 is 0 Å². The average molecular weight is 345 g/mol. The maximum Gasteiger partial charge on any atom is 0.0709 e. The third-order valence-corrected chi connectivity index (χ3v) is 4.68. The van der Waals surface area contributed by atoms with Crippen LogP contribution >= 0.6 is 0 Å². The fraction of sp³-hybridized carbons (Fsp3) is 0.292. The Balaban J connectivity index is 1.95. The molecule has 3 rings (SSSR count). The molecule has 3 aromatic rings. The van der Waals surface area contributed by atoms with E-state index in [0.29, 0.717) is 11.8 Å². The van der Waals surface area contributed by atoms with E-state index >= 15 is 0 Å². The molecule has 0 saturated carbocycles. The van der Waals surface area contributed by atoms with Crippen molar-refractivity contribution >= 4 is 22.7 Å². The van der Waals surface area contributed by atoms with Crippen LogP contribution in [0.1, 0.15) is 63.3 Å². The van der Waals surface area contributed by atoms with Gasteiger partial charge in [0.25, 0.3) is 0 Å². The number of nitrogens with zero attached hydrogens (tertiary/aromatic N) is 1. The van der Waals surface area contributed by atoms with Gasteiger partial charge in [-0.15, -0.1) is 0 Å². The highest BCUT2D eigenvalue weighted by Gasteiger charge is 2.13. The number of pyridine rings is 1. The van der Waals surface area contributed by atoms with Gasteiger partial charge in [0, 0.05) is 16.8 Å². The van der Waals surface area contributed by atoms with E-state index in [1.807, 2.05) is 12.1 Å². The Morgan fingerprint density at radius 2 is 1.50 bits per heavy atom. The standard InChI is InChI=1S/C24H28N2/c1-16(2)21-10-8-11-22(17(3)4)24(21)25-18(5)15-20-14-13-19-9-6-7-12-23(19)26-20/h6-17,25H,1-5H3/b18-15-. The Morgan fingerprint density at radius 1 is 0.846 bits per heavy atom. The molecule has 0 unspecified atom stereocenters. The largest absolute Gasteiger partial charge is 0.359 e. The van der Waals surface area contributed by atoms with Gasteiger partial charge in [-0.2, -0.15) is 0 Å². The molecule has 134 valence electrons. The summed E-state index contributed by atoms with van der Waals surface area (Å²) < 4.78 is 0. The second-order valence-electron chi connectivity index (χ2n) is 7.50. The zero-order valence-corrected chi connectivity index (χ0v) is 16.4. The fourth-order valence-corrected chi connectivity index (χ4v) is 3.31. The number of benzene rings is 2. The van der Waals surface area contributed by atoms with Crippen molar-refractivity contribution in [3.8, 4) is 0 Å². The van der Waals surface area contributed by atoms with Crippen molar-refractivity contribution in [2.45, 2.75) is 46.5 Å². The quantitative estimate of drug-likeness (QED) is 0.541. The lowest BCUT2D eigenvalue weighted by Crippen LogP contribution is -2.06. The van der Waals surface area contributed by atoms with Crippen LogP contribution in [0.2, 0.25) is 0 Å². The van der Waals surface area contributed by atoms with Gasteiger partial charge in [0.05, 0.1) is 11.2 Å². The summed E-state index contributed by atoms with van der Waals surface area (Å²) in [7, 11) is 0. The van der Waals surface area contributed by atoms with Crippen LogP contribution in [0.15, 0.2) is 60.3 Å². The number of anilines is 1. The lowest BCUT2D eigenvalue weighted by molar-refractivity contribution is 0.837. The van der Waals surface area contributed by atoms with Gasteiger partial charge in [0.2, 0.25) is 0 Å². The Labute approximate surface area is 157 Å². The molecule has 0 aliphatic heterocycles. The van der Waals surface area contributed by atoms with E-state index in [-0.39, 0.29) is 0 Å². The van der Waals surface area contributed by atoms with Crippen molar-refractivity contribution in [1.29, 1.82) is 0 Å². The van der Waals surface area contributed by atoms with Gasteiger partial charge in [-0.25, -0.2) is 4.98 Å². The van der Waals surface area contributed by atoms with E-state index in [1.54, 1.807) is 0 Å². The van der Waals surface area contributed by atoms with Crippen molar-refractivity contribution in [3.63, 3.8) is 0 Å². The number of hydrogen-bond donors (Lipinski definition) is 1. The third-order valence-electron chi connectivity index (χ3n) is 4.68. The molecule has 0 saturated heterocycles. The van der Waals surface area contributed by atoms with E-state index in [0.717, 1.165) is 16.9 Å². The molecule has 0 radical (unpaired) electrons. The molecule has 0 aliphatic rings. The molecule has 0 atom stereocenters. The molecule has 0 bridgehead atoms. The molecular formula is C24H28N2. The zero-order chi connectivity index (χ0) is 18.7. The molecule has 2 aromatic carbocycles. The fourth-order valence-electron chi connectivity index (χ4n) is 3.31. The number of aromatic nitrogens is 1. The van der Waals surface area contributed by atoms with Crippen molar-refractivity contribution in [2.24, 2.45) is 0 Å². The maximum absolute atomic E-state index is 4.76. The second kappa shape index (κ2) is 7.74. The van der Waals surface area contributed by atoms with E-state index in [4.69, 9.17) is 4.98 Å². The zero-order valence-electron chi connectivity index (χ0n) is 16.4. The lowest BCUT2D eigenvalue weighted by Gasteiger charge is -2.21. The highest BCUT2D eigenvalue weighted by Crippen LogP contribution is 2.33. The van der Waals surface area contributed by atoms with E-state index < -0.39 is 0 Å². The van der Waals surface area contributed by atoms with E-state index in [2.05, 4.69) is 88.5 Å². The molecule has 2 nitrogen and oxygen atoms in total. The van der Waals surface area contributed by atoms with E-state index in [9.17, 15) is 0 Å². The summed E-state index contributed by atoms with van der Waals surface area (Å²) in [6.45, 7) is 11.1. The number of para-hydroxylation sites is 2. The molecule has 1 heterocycles. The highest BCUT2D eigenvalue weighted by atomic mass is 14.9. The van der Waals surface area contributed by atoms with Crippen LogP contribution in [0, 0.1) is 0 Å². The third kappa shape index (κ3) is 3.96. The monoisotopic (exact) mass is 344 g/mol. The van der Waals surface area contributed by atoms with Gasteiger partial charge in [0.1, 0.15) is 0 Å². The Hall–Kier alpha value is -2.61. The predicted molar refractivity (Wildman–Crippen MR) is 114 cm³/mol. The van der Waals surface area contributed by atoms with E-state index in [1.165, 1.54) is 22.2 Å². The number of fused-ring (bicyclic) bond motifs is 1. The average Bonchev–Trinajstić information content (AvgIpc) is 2.61. The van der Waals surface area contributed by atoms with Crippen LogP contribution in [0.3, 0.4) is 0 Å². The Kier molecular flexibility index (Phi) is 5.41. The second-order valence-corrected chi connectivity index (χ2v) is 7.50. The smallest absolute Gasteiger partial charge is 0.0709 e. The van der Waals surface area contributed by atoms with Crippen LogP contribution in [0.5, 0.6) is 0 Å². The number of hydrogen-bond acceptors (Lipinski definition) is 2. The van der Waals surface area contributed by atoms with Gasteiger partial charge in [-0.3, -0.25) is 0 Å². The summed E-state index contributed by atoms with van der Waals surface area (Å²) in [5.41, 5.74) is 7.06. The number of rotatable bonds is 5. The molecule has 1 N–H and O–H groups in total. The SMILES string of the molecule is C/C(=C/c1ccc2ccccc2n1)Nc1c(C(C)C)cccc1C(C)C. The van der Waals surface area contributed by atoms with Crippen molar-refractivity contribution in [3.05, 3.63) is 77.1 Å². The molecule has 1 aromatic heterocycles. The maximum atomic E-state index is 4.76. The van der Waals surface area contributed by atoms with Crippen molar-refractivity contribution in [1.82, 2.24) is 4.98 Å². The minimum Gasteiger partial charge on any atom is -0.359 e. The van der Waals surface area contributed by atoms with Gasteiger partial charge in [0.15, 0.2) is 0 Å². The molecule has 0 spiro atoms. The summed E-state index contributed by atoms with van der Waals surface area (Å²) in [6.07, 6.45) is 2.12. The number of allylic oxidation sites excluding steroid dienone is 1. The molecular weight excluding hydrogens is 316 g/mol. The first kappa shape index (κ1) is 18.2.